The fraction of sp³-hybridized carbons (Fsp3) is 0.208. The molecule has 0 spiro atoms. The van der Waals surface area contributed by atoms with E-state index in [-0.39, 0.29) is 29.4 Å². The standard InChI is InChI=1S/C24H26N4O5S/c1-3-27(4-2)34(31,32)22-14-15-23(24(16-22)28(29)30)26-25-17-19-10-12-21(13-11-19)33-18-20-8-6-5-7-9-20/h5-17,26H,3-4,18H2,1-2H3/b25-17+. The average Bonchev–Trinajstić information content (AvgIpc) is 2.84. The predicted octanol–water partition coefficient (Wildman–Crippen LogP) is 4.65. The van der Waals surface area contributed by atoms with Gasteiger partial charge in [0.25, 0.3) is 5.69 Å². The lowest BCUT2D eigenvalue weighted by atomic mass is 10.2. The molecule has 0 unspecified atom stereocenters. The van der Waals surface area contributed by atoms with E-state index < -0.39 is 14.9 Å². The first-order valence-corrected chi connectivity index (χ1v) is 12.1. The summed E-state index contributed by atoms with van der Waals surface area (Å²) in [6, 6.07) is 20.8. The maximum atomic E-state index is 12.7. The van der Waals surface area contributed by atoms with Gasteiger partial charge in [-0.05, 0) is 47.5 Å². The zero-order valence-corrected chi connectivity index (χ0v) is 19.7. The monoisotopic (exact) mass is 482 g/mol. The summed E-state index contributed by atoms with van der Waals surface area (Å²) < 4.78 is 32.3. The van der Waals surface area contributed by atoms with Crippen molar-refractivity contribution < 1.29 is 18.1 Å². The second kappa shape index (κ2) is 11.4. The van der Waals surface area contributed by atoms with E-state index in [1.165, 1.54) is 22.7 Å². The lowest BCUT2D eigenvalue weighted by Crippen LogP contribution is -2.30. The first-order valence-electron chi connectivity index (χ1n) is 10.7. The van der Waals surface area contributed by atoms with Gasteiger partial charge in [0, 0.05) is 19.2 Å². The number of hydrazone groups is 1. The van der Waals surface area contributed by atoms with Gasteiger partial charge in [-0.25, -0.2) is 8.42 Å². The SMILES string of the molecule is CCN(CC)S(=O)(=O)c1ccc(N/N=C/c2ccc(OCc3ccccc3)cc2)c([N+](=O)[O-])c1. The van der Waals surface area contributed by atoms with E-state index in [1.54, 1.807) is 38.1 Å². The fourth-order valence-electron chi connectivity index (χ4n) is 3.20. The molecule has 0 saturated heterocycles. The van der Waals surface area contributed by atoms with Crippen molar-refractivity contribution in [2.24, 2.45) is 5.10 Å². The van der Waals surface area contributed by atoms with Gasteiger partial charge in [0.2, 0.25) is 10.0 Å². The second-order valence-electron chi connectivity index (χ2n) is 7.24. The number of nitro benzene ring substituents is 1. The van der Waals surface area contributed by atoms with E-state index >= 15 is 0 Å². The van der Waals surface area contributed by atoms with Gasteiger partial charge in [0.15, 0.2) is 0 Å². The van der Waals surface area contributed by atoms with Crippen LogP contribution in [0.15, 0.2) is 82.8 Å². The van der Waals surface area contributed by atoms with Crippen molar-refractivity contribution in [2.75, 3.05) is 18.5 Å². The molecule has 0 amide bonds. The van der Waals surface area contributed by atoms with Crippen LogP contribution in [0.25, 0.3) is 0 Å². The molecule has 1 N–H and O–H groups in total. The summed E-state index contributed by atoms with van der Waals surface area (Å²) in [5.74, 6) is 0.703. The molecule has 10 heteroatoms. The number of benzene rings is 3. The number of nitrogens with zero attached hydrogens (tertiary/aromatic N) is 3. The van der Waals surface area contributed by atoms with Crippen LogP contribution in [-0.4, -0.2) is 37.0 Å². The van der Waals surface area contributed by atoms with Crippen LogP contribution in [0.5, 0.6) is 5.75 Å². The van der Waals surface area contributed by atoms with Crippen LogP contribution >= 0.6 is 0 Å². The summed E-state index contributed by atoms with van der Waals surface area (Å²) in [5.41, 5.74) is 4.15. The summed E-state index contributed by atoms with van der Waals surface area (Å²) in [6.07, 6.45) is 1.51. The highest BCUT2D eigenvalue weighted by Crippen LogP contribution is 2.29. The lowest BCUT2D eigenvalue weighted by Gasteiger charge is -2.18. The van der Waals surface area contributed by atoms with Crippen molar-refractivity contribution in [3.8, 4) is 5.75 Å². The molecular weight excluding hydrogens is 456 g/mol. The maximum Gasteiger partial charge on any atom is 0.295 e. The number of sulfonamides is 1. The molecule has 0 aromatic heterocycles. The Bertz CT molecular complexity index is 1240. The summed E-state index contributed by atoms with van der Waals surface area (Å²) in [4.78, 5) is 10.8. The minimum Gasteiger partial charge on any atom is -0.489 e. The zero-order chi connectivity index (χ0) is 24.6. The predicted molar refractivity (Wildman–Crippen MR) is 132 cm³/mol. The number of hydrogen-bond acceptors (Lipinski definition) is 7. The molecule has 0 aliphatic rings. The van der Waals surface area contributed by atoms with Crippen LogP contribution in [0.3, 0.4) is 0 Å². The van der Waals surface area contributed by atoms with Crippen LogP contribution in [0.2, 0.25) is 0 Å². The second-order valence-corrected chi connectivity index (χ2v) is 9.18. The van der Waals surface area contributed by atoms with Crippen LogP contribution in [0.1, 0.15) is 25.0 Å². The molecule has 9 nitrogen and oxygen atoms in total. The molecule has 3 rings (SSSR count). The largest absolute Gasteiger partial charge is 0.489 e. The van der Waals surface area contributed by atoms with Gasteiger partial charge in [0.05, 0.1) is 16.0 Å². The average molecular weight is 483 g/mol. The van der Waals surface area contributed by atoms with Crippen LogP contribution in [0, 0.1) is 10.1 Å². The van der Waals surface area contributed by atoms with Crippen LogP contribution in [-0.2, 0) is 16.6 Å². The summed E-state index contributed by atoms with van der Waals surface area (Å²) in [6.45, 7) is 4.42. The van der Waals surface area contributed by atoms with E-state index in [9.17, 15) is 18.5 Å². The molecule has 178 valence electrons. The first kappa shape index (κ1) is 24.9. The molecule has 0 atom stereocenters. The maximum absolute atomic E-state index is 12.7. The molecule has 0 aliphatic heterocycles. The van der Waals surface area contributed by atoms with E-state index in [4.69, 9.17) is 4.74 Å². The quantitative estimate of drug-likeness (QED) is 0.242. The minimum atomic E-state index is -3.81. The molecule has 3 aromatic carbocycles. The number of nitro groups is 1. The number of hydrogen-bond donors (Lipinski definition) is 1. The van der Waals surface area contributed by atoms with E-state index in [0.29, 0.717) is 12.4 Å². The Morgan fingerprint density at radius 3 is 2.32 bits per heavy atom. The van der Waals surface area contributed by atoms with Crippen molar-refractivity contribution in [1.29, 1.82) is 0 Å². The number of nitrogens with one attached hydrogen (secondary N) is 1. The highest BCUT2D eigenvalue weighted by molar-refractivity contribution is 7.89. The Morgan fingerprint density at radius 2 is 1.71 bits per heavy atom. The van der Waals surface area contributed by atoms with Gasteiger partial charge in [0.1, 0.15) is 18.0 Å². The summed E-state index contributed by atoms with van der Waals surface area (Å²) in [5, 5.41) is 15.6. The molecular formula is C24H26N4O5S. The number of rotatable bonds is 11. The van der Waals surface area contributed by atoms with Crippen molar-refractivity contribution in [1.82, 2.24) is 4.31 Å². The van der Waals surface area contributed by atoms with Gasteiger partial charge in [-0.3, -0.25) is 15.5 Å². The zero-order valence-electron chi connectivity index (χ0n) is 18.9. The minimum absolute atomic E-state index is 0.0857. The van der Waals surface area contributed by atoms with Crippen molar-refractivity contribution in [3.05, 3.63) is 94.0 Å². The molecule has 0 saturated carbocycles. The van der Waals surface area contributed by atoms with Gasteiger partial charge < -0.3 is 4.74 Å². The fourth-order valence-corrected chi connectivity index (χ4v) is 4.68. The molecule has 34 heavy (non-hydrogen) atoms. The highest BCUT2D eigenvalue weighted by atomic mass is 32.2. The van der Waals surface area contributed by atoms with E-state index in [0.717, 1.165) is 17.2 Å². The van der Waals surface area contributed by atoms with Crippen molar-refractivity contribution in [3.63, 3.8) is 0 Å². The Morgan fingerprint density at radius 1 is 1.03 bits per heavy atom. The Kier molecular flexibility index (Phi) is 8.34. The third-order valence-electron chi connectivity index (χ3n) is 5.04. The Labute approximate surface area is 198 Å². The Hall–Kier alpha value is -3.76. The number of anilines is 1. The smallest absolute Gasteiger partial charge is 0.295 e. The number of ether oxygens (including phenoxy) is 1. The molecule has 0 bridgehead atoms. The molecule has 3 aromatic rings. The van der Waals surface area contributed by atoms with E-state index in [1.807, 2.05) is 30.3 Å². The van der Waals surface area contributed by atoms with Gasteiger partial charge >= 0.3 is 0 Å². The summed E-state index contributed by atoms with van der Waals surface area (Å²) >= 11 is 0. The normalized spacial score (nSPS) is 11.6. The molecule has 0 aliphatic carbocycles. The molecule has 0 radical (unpaired) electrons. The lowest BCUT2D eigenvalue weighted by molar-refractivity contribution is -0.384. The van der Waals surface area contributed by atoms with E-state index in [2.05, 4.69) is 10.5 Å². The molecule has 0 fully saturated rings. The first-order chi connectivity index (χ1) is 16.3. The molecule has 0 heterocycles. The van der Waals surface area contributed by atoms with Crippen LogP contribution < -0.4 is 10.2 Å². The highest BCUT2D eigenvalue weighted by Gasteiger charge is 2.25. The van der Waals surface area contributed by atoms with Gasteiger partial charge in [-0.1, -0.05) is 44.2 Å². The van der Waals surface area contributed by atoms with Crippen molar-refractivity contribution >= 4 is 27.6 Å². The van der Waals surface area contributed by atoms with Gasteiger partial charge in [-0.2, -0.15) is 9.41 Å². The Balaban J connectivity index is 1.68. The van der Waals surface area contributed by atoms with Crippen LogP contribution in [0.4, 0.5) is 11.4 Å². The topological polar surface area (TPSA) is 114 Å². The third-order valence-corrected chi connectivity index (χ3v) is 7.08. The van der Waals surface area contributed by atoms with Gasteiger partial charge in [-0.15, -0.1) is 0 Å². The van der Waals surface area contributed by atoms with Crippen molar-refractivity contribution in [2.45, 2.75) is 25.3 Å². The third kappa shape index (κ3) is 6.18. The summed E-state index contributed by atoms with van der Waals surface area (Å²) in [7, 11) is -3.81.